The molecule has 1 atom stereocenters. The summed E-state index contributed by atoms with van der Waals surface area (Å²) in [7, 11) is 1.68. The van der Waals surface area contributed by atoms with Crippen LogP contribution in [-0.4, -0.2) is 49.9 Å². The Morgan fingerprint density at radius 3 is 2.71 bits per heavy atom. The van der Waals surface area contributed by atoms with Crippen LogP contribution in [0, 0.1) is 5.92 Å². The minimum absolute atomic E-state index is 0.229. The van der Waals surface area contributed by atoms with E-state index in [-0.39, 0.29) is 12.5 Å². The van der Waals surface area contributed by atoms with Crippen LogP contribution in [0.15, 0.2) is 18.2 Å². The monoisotopic (exact) mass is 312 g/mol. The number of halogens is 1. The summed E-state index contributed by atoms with van der Waals surface area (Å²) < 4.78 is 5.48. The molecule has 1 saturated heterocycles. The van der Waals surface area contributed by atoms with Crippen molar-refractivity contribution < 1.29 is 9.84 Å². The molecular formula is C16H25ClN2O2. The molecule has 0 bridgehead atoms. The smallest absolute Gasteiger partial charge is 0.122 e. The zero-order valence-corrected chi connectivity index (χ0v) is 13.4. The van der Waals surface area contributed by atoms with E-state index in [4.69, 9.17) is 27.2 Å². The molecule has 2 rings (SSSR count). The average Bonchev–Trinajstić information content (AvgIpc) is 2.50. The third kappa shape index (κ3) is 4.10. The summed E-state index contributed by atoms with van der Waals surface area (Å²) >= 11 is 6.15. The van der Waals surface area contributed by atoms with E-state index in [0.717, 1.165) is 48.8 Å². The second-order valence-electron chi connectivity index (χ2n) is 5.63. The number of piperidine rings is 1. The third-order valence-corrected chi connectivity index (χ3v) is 4.70. The summed E-state index contributed by atoms with van der Waals surface area (Å²) in [6.07, 6.45) is 2.19. The van der Waals surface area contributed by atoms with Crippen LogP contribution in [0.5, 0.6) is 5.75 Å². The van der Waals surface area contributed by atoms with E-state index in [2.05, 4.69) is 4.90 Å². The molecule has 1 aliphatic heterocycles. The normalized spacial score (nSPS) is 18.7. The molecule has 1 unspecified atom stereocenters. The summed E-state index contributed by atoms with van der Waals surface area (Å²) in [6.45, 7) is 3.63. The number of nitrogens with zero attached hydrogens (tertiary/aromatic N) is 1. The lowest BCUT2D eigenvalue weighted by atomic mass is 9.79. The van der Waals surface area contributed by atoms with E-state index >= 15 is 0 Å². The highest BCUT2D eigenvalue weighted by Gasteiger charge is 2.28. The summed E-state index contributed by atoms with van der Waals surface area (Å²) in [6, 6.07) is 5.75. The maximum atomic E-state index is 9.02. The lowest BCUT2D eigenvalue weighted by Gasteiger charge is -2.36. The van der Waals surface area contributed by atoms with Crippen molar-refractivity contribution in [3.63, 3.8) is 0 Å². The lowest BCUT2D eigenvalue weighted by molar-refractivity contribution is 0.138. The van der Waals surface area contributed by atoms with Gasteiger partial charge in [-0.2, -0.15) is 0 Å². The Morgan fingerprint density at radius 1 is 1.43 bits per heavy atom. The summed E-state index contributed by atoms with van der Waals surface area (Å²) in [4.78, 5) is 2.30. The average molecular weight is 313 g/mol. The van der Waals surface area contributed by atoms with Gasteiger partial charge < -0.3 is 20.5 Å². The van der Waals surface area contributed by atoms with Gasteiger partial charge in [-0.05, 0) is 56.6 Å². The molecule has 0 radical (unpaired) electrons. The van der Waals surface area contributed by atoms with Gasteiger partial charge in [0.15, 0.2) is 0 Å². The number of rotatable bonds is 6. The van der Waals surface area contributed by atoms with Gasteiger partial charge in [-0.15, -0.1) is 0 Å². The number of aliphatic hydroxyl groups excluding tert-OH is 1. The fourth-order valence-corrected chi connectivity index (χ4v) is 3.47. The Bertz CT molecular complexity index is 448. The third-order valence-electron chi connectivity index (χ3n) is 4.46. The van der Waals surface area contributed by atoms with E-state index in [1.54, 1.807) is 7.11 Å². The summed E-state index contributed by atoms with van der Waals surface area (Å²) in [5.74, 6) is 1.68. The standard InChI is InChI=1S/C16H25ClN2O2/c1-21-16-3-2-13(17)10-14(16)15(11-18)12-4-6-19(7-5-12)8-9-20/h2-3,10,12,15,20H,4-9,11,18H2,1H3. The second-order valence-corrected chi connectivity index (χ2v) is 6.07. The topological polar surface area (TPSA) is 58.7 Å². The SMILES string of the molecule is COc1ccc(Cl)cc1C(CN)C1CCN(CCO)CC1. The van der Waals surface area contributed by atoms with Crippen LogP contribution in [0.1, 0.15) is 24.3 Å². The molecule has 0 aromatic heterocycles. The van der Waals surface area contributed by atoms with E-state index in [0.29, 0.717) is 12.5 Å². The van der Waals surface area contributed by atoms with Gasteiger partial charge in [0.2, 0.25) is 0 Å². The van der Waals surface area contributed by atoms with E-state index in [1.165, 1.54) is 0 Å². The number of aliphatic hydroxyl groups is 1. The Labute approximate surface area is 131 Å². The van der Waals surface area contributed by atoms with Crippen LogP contribution in [0.2, 0.25) is 5.02 Å². The molecule has 0 spiro atoms. The summed E-state index contributed by atoms with van der Waals surface area (Å²) in [5.41, 5.74) is 7.17. The van der Waals surface area contributed by atoms with Gasteiger partial charge in [0, 0.05) is 23.0 Å². The molecule has 1 heterocycles. The molecule has 4 nitrogen and oxygen atoms in total. The molecule has 1 aromatic carbocycles. The van der Waals surface area contributed by atoms with Gasteiger partial charge in [0.1, 0.15) is 5.75 Å². The van der Waals surface area contributed by atoms with Gasteiger partial charge in [-0.1, -0.05) is 11.6 Å². The van der Waals surface area contributed by atoms with Crippen LogP contribution in [0.4, 0.5) is 0 Å². The second kappa shape index (κ2) is 7.99. The largest absolute Gasteiger partial charge is 0.496 e. The Hall–Kier alpha value is -0.810. The maximum Gasteiger partial charge on any atom is 0.122 e. The van der Waals surface area contributed by atoms with Crippen molar-refractivity contribution in [2.45, 2.75) is 18.8 Å². The van der Waals surface area contributed by atoms with E-state index in [9.17, 15) is 0 Å². The highest BCUT2D eigenvalue weighted by Crippen LogP contribution is 2.37. The highest BCUT2D eigenvalue weighted by atomic mass is 35.5. The lowest BCUT2D eigenvalue weighted by Crippen LogP contribution is -2.38. The number of methoxy groups -OCH3 is 1. The quantitative estimate of drug-likeness (QED) is 0.844. The zero-order chi connectivity index (χ0) is 15.2. The first-order chi connectivity index (χ1) is 10.2. The number of benzene rings is 1. The first-order valence-corrected chi connectivity index (χ1v) is 7.94. The molecule has 1 aliphatic rings. The minimum Gasteiger partial charge on any atom is -0.496 e. The van der Waals surface area contributed by atoms with Crippen LogP contribution in [0.25, 0.3) is 0 Å². The van der Waals surface area contributed by atoms with Crippen molar-refractivity contribution in [2.75, 3.05) is 39.9 Å². The van der Waals surface area contributed by atoms with Gasteiger partial charge in [-0.25, -0.2) is 0 Å². The number of likely N-dealkylation sites (tertiary alicyclic amines) is 1. The van der Waals surface area contributed by atoms with Crippen molar-refractivity contribution in [1.82, 2.24) is 4.90 Å². The van der Waals surface area contributed by atoms with Crippen molar-refractivity contribution in [2.24, 2.45) is 11.7 Å². The molecule has 1 aromatic rings. The van der Waals surface area contributed by atoms with Gasteiger partial charge >= 0.3 is 0 Å². The number of hydrogen-bond acceptors (Lipinski definition) is 4. The molecule has 5 heteroatoms. The van der Waals surface area contributed by atoms with Gasteiger partial charge in [0.25, 0.3) is 0 Å². The van der Waals surface area contributed by atoms with Crippen LogP contribution < -0.4 is 10.5 Å². The summed E-state index contributed by atoms with van der Waals surface area (Å²) in [5, 5.41) is 9.75. The van der Waals surface area contributed by atoms with Crippen LogP contribution in [0.3, 0.4) is 0 Å². The highest BCUT2D eigenvalue weighted by molar-refractivity contribution is 6.30. The van der Waals surface area contributed by atoms with Crippen molar-refractivity contribution in [1.29, 1.82) is 0 Å². The molecule has 0 saturated carbocycles. The minimum atomic E-state index is 0.229. The number of ether oxygens (including phenoxy) is 1. The fraction of sp³-hybridized carbons (Fsp3) is 0.625. The molecule has 21 heavy (non-hydrogen) atoms. The zero-order valence-electron chi connectivity index (χ0n) is 12.6. The van der Waals surface area contributed by atoms with Crippen LogP contribution >= 0.6 is 11.6 Å². The molecule has 0 amide bonds. The van der Waals surface area contributed by atoms with Crippen molar-refractivity contribution in [3.8, 4) is 5.75 Å². The Morgan fingerprint density at radius 2 is 2.14 bits per heavy atom. The maximum absolute atomic E-state index is 9.02. The van der Waals surface area contributed by atoms with E-state index < -0.39 is 0 Å². The molecule has 3 N–H and O–H groups in total. The molecule has 118 valence electrons. The number of hydrogen-bond donors (Lipinski definition) is 2. The van der Waals surface area contributed by atoms with Crippen LogP contribution in [-0.2, 0) is 0 Å². The number of β-amino-alcohol motifs (C(OH)–C–C–N with tert-alkyl or cyclic N) is 1. The first-order valence-electron chi connectivity index (χ1n) is 7.56. The van der Waals surface area contributed by atoms with Gasteiger partial charge in [-0.3, -0.25) is 0 Å². The van der Waals surface area contributed by atoms with Crippen molar-refractivity contribution >= 4 is 11.6 Å². The van der Waals surface area contributed by atoms with Gasteiger partial charge in [0.05, 0.1) is 13.7 Å². The molecule has 0 aliphatic carbocycles. The predicted molar refractivity (Wildman–Crippen MR) is 86.0 cm³/mol. The number of nitrogens with two attached hydrogens (primary N) is 1. The molecule has 1 fully saturated rings. The Balaban J connectivity index is 2.12. The fourth-order valence-electron chi connectivity index (χ4n) is 3.29. The Kier molecular flexibility index (Phi) is 6.30. The first kappa shape index (κ1) is 16.6. The van der Waals surface area contributed by atoms with Crippen molar-refractivity contribution in [3.05, 3.63) is 28.8 Å². The van der Waals surface area contributed by atoms with E-state index in [1.807, 2.05) is 18.2 Å². The molecular weight excluding hydrogens is 288 g/mol. The predicted octanol–water partition coefficient (Wildman–Crippen LogP) is 2.10.